The molecule has 1 atom stereocenters. The summed E-state index contributed by atoms with van der Waals surface area (Å²) >= 11 is 0. The van der Waals surface area contributed by atoms with E-state index in [2.05, 4.69) is 10.6 Å². The number of urea groups is 1. The van der Waals surface area contributed by atoms with Crippen LogP contribution in [0.15, 0.2) is 0 Å². The zero-order chi connectivity index (χ0) is 15.1. The minimum atomic E-state index is -1.04. The SMILES string of the molecule is CCC(C)N(CC(=O)O)C(=O)NCCNC(=O)C1CC1. The molecule has 3 N–H and O–H groups in total. The highest BCUT2D eigenvalue weighted by Crippen LogP contribution is 2.28. The first-order chi connectivity index (χ1) is 9.45. The first-order valence-electron chi connectivity index (χ1n) is 6.99. The van der Waals surface area contributed by atoms with Crippen LogP contribution in [-0.2, 0) is 9.59 Å². The number of nitrogens with one attached hydrogen (secondary N) is 2. The van der Waals surface area contributed by atoms with Crippen molar-refractivity contribution in [3.8, 4) is 0 Å². The largest absolute Gasteiger partial charge is 0.480 e. The maximum Gasteiger partial charge on any atom is 0.323 e. The lowest BCUT2D eigenvalue weighted by Gasteiger charge is -2.27. The van der Waals surface area contributed by atoms with Crippen LogP contribution in [0, 0.1) is 5.92 Å². The van der Waals surface area contributed by atoms with E-state index in [9.17, 15) is 14.4 Å². The molecule has 0 radical (unpaired) electrons. The number of carboxylic acid groups (broad SMARTS) is 1. The minimum absolute atomic E-state index is 0.0311. The van der Waals surface area contributed by atoms with Crippen molar-refractivity contribution in [2.45, 2.75) is 39.2 Å². The second-order valence-corrected chi connectivity index (χ2v) is 5.08. The van der Waals surface area contributed by atoms with E-state index in [1.165, 1.54) is 4.90 Å². The number of carboxylic acids is 1. The van der Waals surface area contributed by atoms with E-state index < -0.39 is 12.0 Å². The monoisotopic (exact) mass is 285 g/mol. The van der Waals surface area contributed by atoms with E-state index in [1.54, 1.807) is 6.92 Å². The highest BCUT2D eigenvalue weighted by molar-refractivity contribution is 5.81. The Kier molecular flexibility index (Phi) is 6.27. The van der Waals surface area contributed by atoms with Crippen LogP contribution >= 0.6 is 0 Å². The van der Waals surface area contributed by atoms with E-state index in [0.29, 0.717) is 19.5 Å². The number of carbonyl (C=O) groups excluding carboxylic acids is 2. The molecule has 3 amide bonds. The van der Waals surface area contributed by atoms with Crippen molar-refractivity contribution in [2.75, 3.05) is 19.6 Å². The molecule has 7 heteroatoms. The molecule has 7 nitrogen and oxygen atoms in total. The van der Waals surface area contributed by atoms with Gasteiger partial charge in [-0.15, -0.1) is 0 Å². The first-order valence-corrected chi connectivity index (χ1v) is 6.99. The molecule has 1 aliphatic rings. The molecule has 0 saturated heterocycles. The third-order valence-corrected chi connectivity index (χ3v) is 3.34. The van der Waals surface area contributed by atoms with Crippen LogP contribution in [0.4, 0.5) is 4.79 Å². The number of hydrogen-bond donors (Lipinski definition) is 3. The van der Waals surface area contributed by atoms with Crippen LogP contribution in [0.25, 0.3) is 0 Å². The lowest BCUT2D eigenvalue weighted by Crippen LogP contribution is -2.48. The van der Waals surface area contributed by atoms with Gasteiger partial charge in [0.15, 0.2) is 0 Å². The van der Waals surface area contributed by atoms with E-state index >= 15 is 0 Å². The van der Waals surface area contributed by atoms with Gasteiger partial charge in [-0.3, -0.25) is 9.59 Å². The Hall–Kier alpha value is -1.79. The van der Waals surface area contributed by atoms with Crippen LogP contribution in [0.3, 0.4) is 0 Å². The van der Waals surface area contributed by atoms with Gasteiger partial charge in [0.1, 0.15) is 6.54 Å². The number of amides is 3. The molecule has 1 rings (SSSR count). The Bertz CT molecular complexity index is 369. The summed E-state index contributed by atoms with van der Waals surface area (Å²) in [6.07, 6.45) is 2.57. The molecule has 0 aromatic heterocycles. The predicted molar refractivity (Wildman–Crippen MR) is 73.2 cm³/mol. The van der Waals surface area contributed by atoms with Crippen molar-refractivity contribution in [3.63, 3.8) is 0 Å². The smallest absolute Gasteiger partial charge is 0.323 e. The molecular weight excluding hydrogens is 262 g/mol. The Morgan fingerprint density at radius 3 is 2.35 bits per heavy atom. The summed E-state index contributed by atoms with van der Waals surface area (Å²) in [4.78, 5) is 35.3. The second kappa shape index (κ2) is 7.72. The number of hydrogen-bond acceptors (Lipinski definition) is 3. The van der Waals surface area contributed by atoms with Gasteiger partial charge >= 0.3 is 12.0 Å². The van der Waals surface area contributed by atoms with Crippen molar-refractivity contribution in [1.82, 2.24) is 15.5 Å². The first kappa shape index (κ1) is 16.3. The third-order valence-electron chi connectivity index (χ3n) is 3.34. The molecule has 1 fully saturated rings. The number of nitrogens with zero attached hydrogens (tertiary/aromatic N) is 1. The fourth-order valence-electron chi connectivity index (χ4n) is 1.74. The van der Waals surface area contributed by atoms with Gasteiger partial charge in [0, 0.05) is 25.0 Å². The molecule has 0 heterocycles. The van der Waals surface area contributed by atoms with Crippen LogP contribution in [0.5, 0.6) is 0 Å². The fraction of sp³-hybridized carbons (Fsp3) is 0.769. The predicted octanol–water partition coefficient (Wildman–Crippen LogP) is 0.407. The zero-order valence-corrected chi connectivity index (χ0v) is 12.0. The fourth-order valence-corrected chi connectivity index (χ4v) is 1.74. The summed E-state index contributed by atoms with van der Waals surface area (Å²) in [5.41, 5.74) is 0. The van der Waals surface area contributed by atoms with Gasteiger partial charge in [-0.2, -0.15) is 0 Å². The summed E-state index contributed by atoms with van der Waals surface area (Å²) in [5.74, 6) is -0.861. The molecule has 0 spiro atoms. The number of carbonyl (C=O) groups is 3. The maximum absolute atomic E-state index is 11.9. The molecule has 0 aromatic carbocycles. The van der Waals surface area contributed by atoms with E-state index in [0.717, 1.165) is 12.8 Å². The van der Waals surface area contributed by atoms with Gasteiger partial charge < -0.3 is 20.6 Å². The summed E-state index contributed by atoms with van der Waals surface area (Å²) in [6.45, 7) is 4.03. The Morgan fingerprint density at radius 1 is 1.25 bits per heavy atom. The normalized spacial score (nSPS) is 15.3. The van der Waals surface area contributed by atoms with Gasteiger partial charge in [0.25, 0.3) is 0 Å². The Balaban J connectivity index is 2.29. The quantitative estimate of drug-likeness (QED) is 0.562. The highest BCUT2D eigenvalue weighted by atomic mass is 16.4. The third kappa shape index (κ3) is 5.46. The van der Waals surface area contributed by atoms with E-state index in [4.69, 9.17) is 5.11 Å². The van der Waals surface area contributed by atoms with Crippen molar-refractivity contribution in [2.24, 2.45) is 5.92 Å². The molecule has 0 bridgehead atoms. The van der Waals surface area contributed by atoms with Gasteiger partial charge in [-0.1, -0.05) is 6.92 Å². The van der Waals surface area contributed by atoms with Gasteiger partial charge in [0.05, 0.1) is 0 Å². The molecular formula is C13H23N3O4. The summed E-state index contributed by atoms with van der Waals surface area (Å²) in [7, 11) is 0. The van der Waals surface area contributed by atoms with Gasteiger partial charge in [-0.25, -0.2) is 4.79 Å². The van der Waals surface area contributed by atoms with Gasteiger partial charge in [0.2, 0.25) is 5.91 Å². The molecule has 1 aliphatic carbocycles. The topological polar surface area (TPSA) is 98.7 Å². The average molecular weight is 285 g/mol. The lowest BCUT2D eigenvalue weighted by molar-refractivity contribution is -0.138. The molecule has 0 aliphatic heterocycles. The van der Waals surface area contributed by atoms with Gasteiger partial charge in [-0.05, 0) is 26.2 Å². The van der Waals surface area contributed by atoms with Crippen LogP contribution in [0.1, 0.15) is 33.1 Å². The van der Waals surface area contributed by atoms with E-state index in [-0.39, 0.29) is 24.4 Å². The van der Waals surface area contributed by atoms with Crippen LogP contribution in [0.2, 0.25) is 0 Å². The molecule has 0 aromatic rings. The minimum Gasteiger partial charge on any atom is -0.480 e. The average Bonchev–Trinajstić information content (AvgIpc) is 3.23. The van der Waals surface area contributed by atoms with Crippen LogP contribution in [-0.4, -0.2) is 53.6 Å². The van der Waals surface area contributed by atoms with Crippen molar-refractivity contribution >= 4 is 17.9 Å². The Morgan fingerprint density at radius 2 is 1.85 bits per heavy atom. The number of aliphatic carboxylic acids is 1. The molecule has 20 heavy (non-hydrogen) atoms. The van der Waals surface area contributed by atoms with Crippen LogP contribution < -0.4 is 10.6 Å². The summed E-state index contributed by atoms with van der Waals surface area (Å²) < 4.78 is 0. The molecule has 114 valence electrons. The lowest BCUT2D eigenvalue weighted by atomic mass is 10.2. The highest BCUT2D eigenvalue weighted by Gasteiger charge is 2.29. The molecule has 1 unspecified atom stereocenters. The van der Waals surface area contributed by atoms with Crippen molar-refractivity contribution in [3.05, 3.63) is 0 Å². The van der Waals surface area contributed by atoms with Crippen molar-refractivity contribution in [1.29, 1.82) is 0 Å². The van der Waals surface area contributed by atoms with E-state index in [1.807, 2.05) is 6.92 Å². The summed E-state index contributed by atoms with van der Waals surface area (Å²) in [5, 5.41) is 14.2. The summed E-state index contributed by atoms with van der Waals surface area (Å²) in [6, 6.07) is -0.561. The maximum atomic E-state index is 11.9. The van der Waals surface area contributed by atoms with Crippen molar-refractivity contribution < 1.29 is 19.5 Å². The number of rotatable bonds is 8. The zero-order valence-electron chi connectivity index (χ0n) is 12.0. The second-order valence-electron chi connectivity index (χ2n) is 5.08. The standard InChI is InChI=1S/C13H23N3O4/c1-3-9(2)16(8-11(17)18)13(20)15-7-6-14-12(19)10-4-5-10/h9-10H,3-8H2,1-2H3,(H,14,19)(H,15,20)(H,17,18). The molecule has 1 saturated carbocycles. The Labute approximate surface area is 118 Å².